The number of ether oxygens (including phenoxy) is 2. The minimum absolute atomic E-state index is 0.0467. The summed E-state index contributed by atoms with van der Waals surface area (Å²) in [6.45, 7) is 7.92. The molecule has 1 aromatic carbocycles. The molecule has 0 atom stereocenters. The number of quaternary nitrogens is 1. The maximum Gasteiger partial charge on any atom is 0.137 e. The van der Waals surface area contributed by atoms with Gasteiger partial charge in [0.15, 0.2) is 0 Å². The number of benzene rings is 1. The fourth-order valence-electron chi connectivity index (χ4n) is 1.53. The molecule has 0 aliphatic rings. The van der Waals surface area contributed by atoms with E-state index in [-0.39, 0.29) is 5.41 Å². The zero-order valence-electron chi connectivity index (χ0n) is 10.7. The van der Waals surface area contributed by atoms with E-state index in [1.165, 1.54) is 5.56 Å². The third kappa shape index (κ3) is 3.14. The molecule has 0 aromatic heterocycles. The fraction of sp³-hybridized carbons (Fsp3) is 0.538. The Labute approximate surface area is 97.6 Å². The fourth-order valence-corrected chi connectivity index (χ4v) is 1.53. The largest absolute Gasteiger partial charge is 0.497 e. The van der Waals surface area contributed by atoms with E-state index in [1.54, 1.807) is 7.11 Å². The van der Waals surface area contributed by atoms with Crippen molar-refractivity contribution in [1.82, 2.24) is 0 Å². The normalized spacial score (nSPS) is 11.3. The molecule has 3 N–H and O–H groups in total. The van der Waals surface area contributed by atoms with Crippen LogP contribution in [0, 0.1) is 0 Å². The van der Waals surface area contributed by atoms with Gasteiger partial charge in [0.25, 0.3) is 0 Å². The van der Waals surface area contributed by atoms with Crippen LogP contribution >= 0.6 is 0 Å². The molecule has 0 heterocycles. The molecule has 16 heavy (non-hydrogen) atoms. The first kappa shape index (κ1) is 12.8. The van der Waals surface area contributed by atoms with Crippen molar-refractivity contribution in [2.75, 3.05) is 20.3 Å². The summed E-state index contributed by atoms with van der Waals surface area (Å²) in [5.74, 6) is 1.80. The Kier molecular flexibility index (Phi) is 4.19. The molecule has 3 heteroatoms. The van der Waals surface area contributed by atoms with E-state index in [0.717, 1.165) is 18.0 Å². The van der Waals surface area contributed by atoms with Gasteiger partial charge in [-0.05, 0) is 23.6 Å². The van der Waals surface area contributed by atoms with Gasteiger partial charge in [0.05, 0.1) is 7.11 Å². The van der Waals surface area contributed by atoms with Gasteiger partial charge in [0.2, 0.25) is 0 Å². The van der Waals surface area contributed by atoms with E-state index < -0.39 is 0 Å². The summed E-state index contributed by atoms with van der Waals surface area (Å²) >= 11 is 0. The van der Waals surface area contributed by atoms with Crippen LogP contribution in [0.4, 0.5) is 0 Å². The highest BCUT2D eigenvalue weighted by Gasteiger charge is 2.19. The first-order valence-corrected chi connectivity index (χ1v) is 5.59. The van der Waals surface area contributed by atoms with Crippen LogP contribution in [0.2, 0.25) is 0 Å². The van der Waals surface area contributed by atoms with Crippen LogP contribution in [0.5, 0.6) is 11.5 Å². The van der Waals surface area contributed by atoms with E-state index in [4.69, 9.17) is 9.47 Å². The van der Waals surface area contributed by atoms with Crippen molar-refractivity contribution in [3.8, 4) is 11.5 Å². The van der Waals surface area contributed by atoms with Crippen LogP contribution < -0.4 is 15.2 Å². The van der Waals surface area contributed by atoms with Crippen LogP contribution in [0.25, 0.3) is 0 Å². The lowest BCUT2D eigenvalue weighted by atomic mass is 9.86. The molecule has 1 aromatic rings. The SMILES string of the molecule is COc1ccc(OCC[NH3+])c(C(C)(C)C)c1. The average Bonchev–Trinajstić information content (AvgIpc) is 2.25. The molecule has 0 bridgehead atoms. The predicted molar refractivity (Wildman–Crippen MR) is 64.9 cm³/mol. The van der Waals surface area contributed by atoms with Crippen LogP contribution in [-0.4, -0.2) is 20.3 Å². The van der Waals surface area contributed by atoms with Crippen LogP contribution in [0.1, 0.15) is 26.3 Å². The quantitative estimate of drug-likeness (QED) is 0.844. The maximum atomic E-state index is 5.69. The third-order valence-electron chi connectivity index (χ3n) is 2.40. The van der Waals surface area contributed by atoms with E-state index in [9.17, 15) is 0 Å². The van der Waals surface area contributed by atoms with Gasteiger partial charge < -0.3 is 15.2 Å². The lowest BCUT2D eigenvalue weighted by Crippen LogP contribution is -2.52. The smallest absolute Gasteiger partial charge is 0.137 e. The van der Waals surface area contributed by atoms with E-state index in [0.29, 0.717) is 6.61 Å². The van der Waals surface area contributed by atoms with Crippen molar-refractivity contribution in [2.45, 2.75) is 26.2 Å². The van der Waals surface area contributed by atoms with Gasteiger partial charge in [0, 0.05) is 5.56 Å². The summed E-state index contributed by atoms with van der Waals surface area (Å²) in [5, 5.41) is 0. The van der Waals surface area contributed by atoms with Crippen LogP contribution in [0.3, 0.4) is 0 Å². The Hall–Kier alpha value is -1.22. The first-order valence-electron chi connectivity index (χ1n) is 5.59. The minimum atomic E-state index is 0.0467. The number of methoxy groups -OCH3 is 1. The molecular formula is C13H22NO2+. The monoisotopic (exact) mass is 224 g/mol. The summed E-state index contributed by atoms with van der Waals surface area (Å²) in [7, 11) is 1.68. The molecule has 90 valence electrons. The standard InChI is InChI=1S/C13H21NO2/c1-13(2,3)11-9-10(15-4)5-6-12(11)16-8-7-14/h5-6,9H,7-8,14H2,1-4H3/p+1. The molecule has 0 aliphatic carbocycles. The van der Waals surface area contributed by atoms with Crippen molar-refractivity contribution < 1.29 is 15.2 Å². The molecule has 0 aliphatic heterocycles. The van der Waals surface area contributed by atoms with Crippen molar-refractivity contribution in [3.63, 3.8) is 0 Å². The molecule has 0 unspecified atom stereocenters. The Bertz CT molecular complexity index is 342. The molecule has 0 saturated heterocycles. The Morgan fingerprint density at radius 3 is 2.44 bits per heavy atom. The summed E-state index contributed by atoms with van der Waals surface area (Å²) in [4.78, 5) is 0. The molecule has 0 spiro atoms. The zero-order chi connectivity index (χ0) is 12.2. The second-order valence-electron chi connectivity index (χ2n) is 4.81. The minimum Gasteiger partial charge on any atom is -0.497 e. The Morgan fingerprint density at radius 2 is 1.94 bits per heavy atom. The van der Waals surface area contributed by atoms with Gasteiger partial charge in [0.1, 0.15) is 24.7 Å². The first-order chi connectivity index (χ1) is 7.49. The highest BCUT2D eigenvalue weighted by Crippen LogP contribution is 2.34. The summed E-state index contributed by atoms with van der Waals surface area (Å²) in [5.41, 5.74) is 4.99. The highest BCUT2D eigenvalue weighted by molar-refractivity contribution is 5.44. The van der Waals surface area contributed by atoms with E-state index in [2.05, 4.69) is 26.5 Å². The van der Waals surface area contributed by atoms with Gasteiger partial charge in [-0.25, -0.2) is 0 Å². The number of rotatable bonds is 4. The van der Waals surface area contributed by atoms with Gasteiger partial charge in [-0.1, -0.05) is 20.8 Å². The number of hydrogen-bond donors (Lipinski definition) is 1. The van der Waals surface area contributed by atoms with Crippen molar-refractivity contribution in [3.05, 3.63) is 23.8 Å². The highest BCUT2D eigenvalue weighted by atomic mass is 16.5. The van der Waals surface area contributed by atoms with Gasteiger partial charge in [-0.3, -0.25) is 0 Å². The van der Waals surface area contributed by atoms with E-state index >= 15 is 0 Å². The molecule has 1 rings (SSSR count). The lowest BCUT2D eigenvalue weighted by molar-refractivity contribution is -0.370. The molecule has 0 amide bonds. The van der Waals surface area contributed by atoms with Crippen LogP contribution in [0.15, 0.2) is 18.2 Å². The van der Waals surface area contributed by atoms with Gasteiger partial charge in [-0.2, -0.15) is 0 Å². The van der Waals surface area contributed by atoms with Gasteiger partial charge in [-0.15, -0.1) is 0 Å². The summed E-state index contributed by atoms with van der Waals surface area (Å²) in [6, 6.07) is 5.93. The molecule has 0 saturated carbocycles. The summed E-state index contributed by atoms with van der Waals surface area (Å²) < 4.78 is 10.9. The molecular weight excluding hydrogens is 202 g/mol. The molecule has 0 radical (unpaired) electrons. The molecule has 0 fully saturated rings. The summed E-state index contributed by atoms with van der Waals surface area (Å²) in [6.07, 6.45) is 0. The molecule has 3 nitrogen and oxygen atoms in total. The number of hydrogen-bond acceptors (Lipinski definition) is 2. The average molecular weight is 224 g/mol. The van der Waals surface area contributed by atoms with Crippen molar-refractivity contribution >= 4 is 0 Å². The maximum absolute atomic E-state index is 5.69. The second-order valence-corrected chi connectivity index (χ2v) is 4.81. The van der Waals surface area contributed by atoms with Gasteiger partial charge >= 0.3 is 0 Å². The van der Waals surface area contributed by atoms with Crippen LogP contribution in [-0.2, 0) is 5.41 Å². The van der Waals surface area contributed by atoms with Crippen molar-refractivity contribution in [1.29, 1.82) is 0 Å². The zero-order valence-corrected chi connectivity index (χ0v) is 10.7. The Balaban J connectivity index is 3.06. The predicted octanol–water partition coefficient (Wildman–Crippen LogP) is 1.61. The lowest BCUT2D eigenvalue weighted by Gasteiger charge is -2.23. The second kappa shape index (κ2) is 5.21. The van der Waals surface area contributed by atoms with Crippen molar-refractivity contribution in [2.24, 2.45) is 0 Å². The topological polar surface area (TPSA) is 46.1 Å². The third-order valence-corrected chi connectivity index (χ3v) is 2.40. The van der Waals surface area contributed by atoms with E-state index in [1.807, 2.05) is 18.2 Å². The Morgan fingerprint density at radius 1 is 1.25 bits per heavy atom.